The average molecular weight is 277 g/mol. The van der Waals surface area contributed by atoms with Crippen LogP contribution in [0, 0.1) is 0 Å². The van der Waals surface area contributed by atoms with Crippen LogP contribution in [-0.2, 0) is 14.9 Å². The summed E-state index contributed by atoms with van der Waals surface area (Å²) in [7, 11) is 0. The lowest BCUT2D eigenvalue weighted by atomic mass is 9.68. The first kappa shape index (κ1) is 15.5. The maximum absolute atomic E-state index is 6.08. The third-order valence-corrected chi connectivity index (χ3v) is 4.56. The second kappa shape index (κ2) is 6.70. The topological polar surface area (TPSA) is 44.5 Å². The van der Waals surface area contributed by atoms with Crippen LogP contribution in [0.3, 0.4) is 0 Å². The predicted molar refractivity (Wildman–Crippen MR) is 81.6 cm³/mol. The van der Waals surface area contributed by atoms with Crippen LogP contribution in [0.25, 0.3) is 0 Å². The molecule has 1 saturated heterocycles. The van der Waals surface area contributed by atoms with E-state index in [9.17, 15) is 0 Å². The predicted octanol–water partition coefficient (Wildman–Crippen LogP) is 3.23. The maximum atomic E-state index is 6.08. The Kier molecular flexibility index (Phi) is 5.19. The van der Waals surface area contributed by atoms with E-state index in [1.165, 1.54) is 5.56 Å². The molecule has 1 aliphatic heterocycles. The Morgan fingerprint density at radius 3 is 2.00 bits per heavy atom. The van der Waals surface area contributed by atoms with E-state index in [0.29, 0.717) is 6.54 Å². The van der Waals surface area contributed by atoms with Gasteiger partial charge in [0.15, 0.2) is 5.79 Å². The number of hydrogen-bond acceptors (Lipinski definition) is 3. The molecule has 2 fully saturated rings. The lowest BCUT2D eigenvalue weighted by Crippen LogP contribution is -2.45. The molecule has 2 N–H and O–H groups in total. The molecule has 0 aromatic heterocycles. The monoisotopic (exact) mass is 277 g/mol. The number of ether oxygens (including phenoxy) is 2. The van der Waals surface area contributed by atoms with Crippen LogP contribution in [0.5, 0.6) is 0 Å². The first-order valence-corrected chi connectivity index (χ1v) is 7.82. The molecule has 3 rings (SSSR count). The average Bonchev–Trinajstić information content (AvgIpc) is 3.00. The second-order valence-electron chi connectivity index (χ2n) is 5.46. The summed E-state index contributed by atoms with van der Waals surface area (Å²) in [6.07, 6.45) is 4.01. The standard InChI is InChI=1S/C15H21NO2.C2H6/c16-12-14(13-4-2-1-3-5-13)6-8-15(9-7-14)17-10-11-18-15;1-2/h1-5H,6-12,16H2;1-2H3. The van der Waals surface area contributed by atoms with E-state index < -0.39 is 0 Å². The van der Waals surface area contributed by atoms with Crippen molar-refractivity contribution in [3.63, 3.8) is 0 Å². The third kappa shape index (κ3) is 2.90. The molecular weight excluding hydrogens is 250 g/mol. The molecule has 3 heteroatoms. The number of hydrogen-bond donors (Lipinski definition) is 1. The van der Waals surface area contributed by atoms with Crippen LogP contribution < -0.4 is 5.73 Å². The van der Waals surface area contributed by atoms with E-state index in [1.54, 1.807) is 0 Å². The molecule has 20 heavy (non-hydrogen) atoms. The molecule has 1 heterocycles. The highest BCUT2D eigenvalue weighted by Crippen LogP contribution is 2.45. The van der Waals surface area contributed by atoms with Crippen molar-refractivity contribution in [1.82, 2.24) is 0 Å². The first-order chi connectivity index (χ1) is 9.79. The highest BCUT2D eigenvalue weighted by molar-refractivity contribution is 5.27. The van der Waals surface area contributed by atoms with Gasteiger partial charge >= 0.3 is 0 Å². The van der Waals surface area contributed by atoms with Crippen LogP contribution in [-0.4, -0.2) is 25.5 Å². The number of benzene rings is 1. The van der Waals surface area contributed by atoms with Gasteiger partial charge in [0.1, 0.15) is 0 Å². The third-order valence-electron chi connectivity index (χ3n) is 4.56. The quantitative estimate of drug-likeness (QED) is 0.902. The largest absolute Gasteiger partial charge is 0.348 e. The molecule has 0 bridgehead atoms. The molecule has 3 nitrogen and oxygen atoms in total. The summed E-state index contributed by atoms with van der Waals surface area (Å²) in [4.78, 5) is 0. The molecule has 0 atom stereocenters. The lowest BCUT2D eigenvalue weighted by Gasteiger charge is -2.43. The van der Waals surface area contributed by atoms with Crippen molar-refractivity contribution in [2.24, 2.45) is 5.73 Å². The van der Waals surface area contributed by atoms with Crippen LogP contribution in [0.2, 0.25) is 0 Å². The highest BCUT2D eigenvalue weighted by atomic mass is 16.7. The van der Waals surface area contributed by atoms with Gasteiger partial charge in [0.05, 0.1) is 13.2 Å². The minimum absolute atomic E-state index is 0.113. The van der Waals surface area contributed by atoms with Gasteiger partial charge in [-0.1, -0.05) is 44.2 Å². The molecule has 1 aromatic rings. The molecule has 0 unspecified atom stereocenters. The molecule has 0 amide bonds. The van der Waals surface area contributed by atoms with Crippen LogP contribution in [0.4, 0.5) is 0 Å². The Hall–Kier alpha value is -0.900. The van der Waals surface area contributed by atoms with Crippen molar-refractivity contribution in [3.8, 4) is 0 Å². The summed E-state index contributed by atoms with van der Waals surface area (Å²) in [5, 5.41) is 0. The van der Waals surface area contributed by atoms with Crippen LogP contribution in [0.15, 0.2) is 30.3 Å². The van der Waals surface area contributed by atoms with Gasteiger partial charge < -0.3 is 15.2 Å². The van der Waals surface area contributed by atoms with Gasteiger partial charge in [-0.3, -0.25) is 0 Å². The summed E-state index contributed by atoms with van der Waals surface area (Å²) in [5.41, 5.74) is 7.55. The molecular formula is C17H27NO2. The SMILES string of the molecule is CC.NCC1(c2ccccc2)CCC2(CC1)OCCO2. The van der Waals surface area contributed by atoms with E-state index in [1.807, 2.05) is 13.8 Å². The Morgan fingerprint density at radius 2 is 1.50 bits per heavy atom. The molecule has 1 aromatic carbocycles. The zero-order chi connectivity index (χ0) is 14.5. The van der Waals surface area contributed by atoms with Crippen molar-refractivity contribution >= 4 is 0 Å². The smallest absolute Gasteiger partial charge is 0.168 e. The summed E-state index contributed by atoms with van der Waals surface area (Å²) in [5.74, 6) is -0.298. The van der Waals surface area contributed by atoms with E-state index >= 15 is 0 Å². The van der Waals surface area contributed by atoms with Crippen LogP contribution >= 0.6 is 0 Å². The van der Waals surface area contributed by atoms with Gasteiger partial charge in [-0.2, -0.15) is 0 Å². The Balaban J connectivity index is 0.000000704. The maximum Gasteiger partial charge on any atom is 0.168 e. The minimum atomic E-state index is -0.298. The van der Waals surface area contributed by atoms with E-state index in [2.05, 4.69) is 30.3 Å². The fourth-order valence-electron chi connectivity index (χ4n) is 3.30. The van der Waals surface area contributed by atoms with Gasteiger partial charge in [-0.25, -0.2) is 0 Å². The first-order valence-electron chi connectivity index (χ1n) is 7.82. The summed E-state index contributed by atoms with van der Waals surface area (Å²) >= 11 is 0. The molecule has 1 spiro atoms. The summed E-state index contributed by atoms with van der Waals surface area (Å²) in [6.45, 7) is 6.18. The Morgan fingerprint density at radius 1 is 0.950 bits per heavy atom. The second-order valence-corrected chi connectivity index (χ2v) is 5.46. The lowest BCUT2D eigenvalue weighted by molar-refractivity contribution is -0.184. The molecule has 112 valence electrons. The van der Waals surface area contributed by atoms with Gasteiger partial charge in [0, 0.05) is 24.8 Å². The Bertz CT molecular complexity index is 389. The fourth-order valence-corrected chi connectivity index (χ4v) is 3.30. The molecule has 0 radical (unpaired) electrons. The Labute approximate surface area is 122 Å². The van der Waals surface area contributed by atoms with Gasteiger partial charge in [-0.15, -0.1) is 0 Å². The van der Waals surface area contributed by atoms with E-state index in [0.717, 1.165) is 38.9 Å². The van der Waals surface area contributed by atoms with Crippen molar-refractivity contribution in [2.45, 2.75) is 50.7 Å². The summed E-state index contributed by atoms with van der Waals surface area (Å²) < 4.78 is 11.6. The zero-order valence-electron chi connectivity index (χ0n) is 12.7. The molecule has 1 saturated carbocycles. The summed E-state index contributed by atoms with van der Waals surface area (Å²) in [6, 6.07) is 10.6. The van der Waals surface area contributed by atoms with Crippen molar-refractivity contribution in [2.75, 3.05) is 19.8 Å². The van der Waals surface area contributed by atoms with Gasteiger partial charge in [-0.05, 0) is 18.4 Å². The number of rotatable bonds is 2. The minimum Gasteiger partial charge on any atom is -0.348 e. The molecule has 2 aliphatic rings. The zero-order valence-corrected chi connectivity index (χ0v) is 12.7. The molecule has 1 aliphatic carbocycles. The fraction of sp³-hybridized carbons (Fsp3) is 0.647. The van der Waals surface area contributed by atoms with Crippen molar-refractivity contribution in [1.29, 1.82) is 0 Å². The van der Waals surface area contributed by atoms with E-state index in [4.69, 9.17) is 15.2 Å². The van der Waals surface area contributed by atoms with Crippen LogP contribution in [0.1, 0.15) is 45.1 Å². The van der Waals surface area contributed by atoms with Gasteiger partial charge in [0.25, 0.3) is 0 Å². The number of nitrogens with two attached hydrogens (primary N) is 1. The van der Waals surface area contributed by atoms with E-state index in [-0.39, 0.29) is 11.2 Å². The normalized spacial score (nSPS) is 23.1. The van der Waals surface area contributed by atoms with Crippen molar-refractivity contribution in [3.05, 3.63) is 35.9 Å². The van der Waals surface area contributed by atoms with Crippen molar-refractivity contribution < 1.29 is 9.47 Å². The van der Waals surface area contributed by atoms with Gasteiger partial charge in [0.2, 0.25) is 0 Å². The highest BCUT2D eigenvalue weighted by Gasteiger charge is 2.46.